The fourth-order valence-electron chi connectivity index (χ4n) is 9.12. The van der Waals surface area contributed by atoms with Gasteiger partial charge in [-0.15, -0.1) is 0 Å². The minimum absolute atomic E-state index is 0.0521. The molecule has 5 nitrogen and oxygen atoms in total. The van der Waals surface area contributed by atoms with Gasteiger partial charge in [0.25, 0.3) is 0 Å². The highest BCUT2D eigenvalue weighted by atomic mass is 16.3. The average Bonchev–Trinajstić information content (AvgIpc) is 3.87. The molecule has 1 N–H and O–H groups in total. The Hall–Kier alpha value is -7.50. The Balaban J connectivity index is 1.23. The number of furan rings is 1. The zero-order valence-corrected chi connectivity index (χ0v) is 36.5. The van der Waals surface area contributed by atoms with Crippen LogP contribution in [0.4, 0.5) is 17.2 Å². The largest absolute Gasteiger partial charge is 0.454 e. The van der Waals surface area contributed by atoms with Crippen LogP contribution in [0.15, 0.2) is 180 Å². The number of H-pyrrole nitrogens is 1. The molecule has 0 aliphatic rings. The SMILES string of the molecule is CC(C)(C)c1cc(-c2cc(-c3cc(N(c4ccccn4)c4cccc5ccccc45)c4oc5ccccc5c4c3)nc(-c3cccc4c3[nH]c3ccccc34)c2)cc(C(C)(C)C)c1. The minimum Gasteiger partial charge on any atom is -0.454 e. The molecule has 0 fully saturated rings. The predicted octanol–water partition coefficient (Wildman–Crippen LogP) is 16.2. The van der Waals surface area contributed by atoms with E-state index in [9.17, 15) is 0 Å². The summed E-state index contributed by atoms with van der Waals surface area (Å²) in [5.74, 6) is 0.786. The molecular formula is C58H48N4O. The standard InChI is InChI=1S/C58H48N4O/c1-57(2,3)40-29-37(30-41(35-40)58(4,5)6)38-32-49(60-50(33-38)46-23-16-22-45-43-20-9-11-24-48(43)61-55(45)46)39-31-47-44-21-10-12-26-53(44)63-56(47)52(34-39)62(54-27-13-14-28-59-54)51-25-15-18-36-17-7-8-19-42(36)51/h7-35,61H,1-6H3. The number of pyridine rings is 2. The Morgan fingerprint density at radius 2 is 1.14 bits per heavy atom. The summed E-state index contributed by atoms with van der Waals surface area (Å²) in [4.78, 5) is 16.6. The molecule has 0 spiro atoms. The van der Waals surface area contributed by atoms with E-state index in [1.54, 1.807) is 0 Å². The van der Waals surface area contributed by atoms with Crippen LogP contribution < -0.4 is 4.90 Å². The molecule has 0 saturated carbocycles. The molecule has 11 rings (SSSR count). The van der Waals surface area contributed by atoms with Crippen molar-refractivity contribution in [3.8, 4) is 33.6 Å². The van der Waals surface area contributed by atoms with Gasteiger partial charge >= 0.3 is 0 Å². The molecule has 0 atom stereocenters. The first-order chi connectivity index (χ1) is 30.5. The third-order valence-corrected chi connectivity index (χ3v) is 12.5. The van der Waals surface area contributed by atoms with Crippen LogP contribution in [0.25, 0.3) is 88.2 Å². The van der Waals surface area contributed by atoms with Crippen molar-refractivity contribution in [3.63, 3.8) is 0 Å². The first-order valence-electron chi connectivity index (χ1n) is 21.8. The smallest absolute Gasteiger partial charge is 0.159 e. The van der Waals surface area contributed by atoms with Gasteiger partial charge in [-0.25, -0.2) is 9.97 Å². The van der Waals surface area contributed by atoms with Gasteiger partial charge in [-0.2, -0.15) is 0 Å². The van der Waals surface area contributed by atoms with Crippen LogP contribution in [0.3, 0.4) is 0 Å². The van der Waals surface area contributed by atoms with Gasteiger partial charge in [0.15, 0.2) is 5.58 Å². The molecule has 0 bridgehead atoms. The molecule has 63 heavy (non-hydrogen) atoms. The van der Waals surface area contributed by atoms with E-state index in [1.807, 2.05) is 24.4 Å². The molecule has 0 radical (unpaired) electrons. The van der Waals surface area contributed by atoms with Gasteiger partial charge < -0.3 is 9.40 Å². The molecule has 11 aromatic rings. The van der Waals surface area contributed by atoms with Crippen LogP contribution in [-0.2, 0) is 10.8 Å². The third kappa shape index (κ3) is 6.72. The lowest BCUT2D eigenvalue weighted by Crippen LogP contribution is -2.16. The molecule has 5 heteroatoms. The molecule has 4 aromatic heterocycles. The number of aromatic amines is 1. The minimum atomic E-state index is -0.0521. The number of benzene rings is 7. The summed E-state index contributed by atoms with van der Waals surface area (Å²) in [6.45, 7) is 13.8. The van der Waals surface area contributed by atoms with Crippen molar-refractivity contribution in [2.45, 2.75) is 52.4 Å². The average molecular weight is 817 g/mol. The molecule has 7 aromatic carbocycles. The quantitative estimate of drug-likeness (QED) is 0.182. The van der Waals surface area contributed by atoms with E-state index in [2.05, 4.69) is 203 Å². The maximum Gasteiger partial charge on any atom is 0.159 e. The van der Waals surface area contributed by atoms with Crippen LogP contribution >= 0.6 is 0 Å². The van der Waals surface area contributed by atoms with Gasteiger partial charge in [0, 0.05) is 49.8 Å². The number of para-hydroxylation sites is 3. The molecule has 0 saturated heterocycles. The summed E-state index contributed by atoms with van der Waals surface area (Å²) >= 11 is 0. The van der Waals surface area contributed by atoms with Crippen molar-refractivity contribution in [1.82, 2.24) is 15.0 Å². The van der Waals surface area contributed by atoms with Crippen molar-refractivity contribution in [2.24, 2.45) is 0 Å². The summed E-state index contributed by atoms with van der Waals surface area (Å²) in [5, 5.41) is 6.68. The lowest BCUT2D eigenvalue weighted by Gasteiger charge is -2.27. The van der Waals surface area contributed by atoms with E-state index < -0.39 is 0 Å². The Labute approximate surface area is 367 Å². The number of nitrogens with zero attached hydrogens (tertiary/aromatic N) is 3. The number of anilines is 3. The van der Waals surface area contributed by atoms with Crippen molar-refractivity contribution in [2.75, 3.05) is 4.90 Å². The Kier molecular flexibility index (Phi) is 8.88. The van der Waals surface area contributed by atoms with Gasteiger partial charge in [-0.05, 0) is 93.1 Å². The maximum absolute atomic E-state index is 6.87. The number of aromatic nitrogens is 3. The van der Waals surface area contributed by atoms with Crippen molar-refractivity contribution < 1.29 is 4.42 Å². The van der Waals surface area contributed by atoms with Crippen LogP contribution in [0, 0.1) is 0 Å². The highest BCUT2D eigenvalue weighted by Gasteiger charge is 2.26. The molecule has 306 valence electrons. The monoisotopic (exact) mass is 816 g/mol. The first kappa shape index (κ1) is 38.4. The molecule has 0 amide bonds. The fourth-order valence-corrected chi connectivity index (χ4v) is 9.12. The highest BCUT2D eigenvalue weighted by molar-refractivity contribution is 6.14. The maximum atomic E-state index is 6.87. The van der Waals surface area contributed by atoms with Crippen LogP contribution in [0.2, 0.25) is 0 Å². The molecule has 0 aliphatic carbocycles. The number of hydrogen-bond acceptors (Lipinski definition) is 4. The second kappa shape index (κ2) is 14.6. The summed E-state index contributed by atoms with van der Waals surface area (Å²) in [5.41, 5.74) is 14.2. The fraction of sp³-hybridized carbons (Fsp3) is 0.138. The lowest BCUT2D eigenvalue weighted by molar-refractivity contribution is 0.569. The normalized spacial score (nSPS) is 12.3. The van der Waals surface area contributed by atoms with Gasteiger partial charge in [-0.1, -0.05) is 157 Å². The summed E-state index contributed by atoms with van der Waals surface area (Å²) in [6, 6.07) is 60.6. The van der Waals surface area contributed by atoms with E-state index in [4.69, 9.17) is 14.4 Å². The van der Waals surface area contributed by atoms with Crippen molar-refractivity contribution in [3.05, 3.63) is 187 Å². The number of rotatable bonds is 6. The molecular weight excluding hydrogens is 769 g/mol. The number of hydrogen-bond donors (Lipinski definition) is 1. The summed E-state index contributed by atoms with van der Waals surface area (Å²) < 4.78 is 6.87. The van der Waals surface area contributed by atoms with E-state index >= 15 is 0 Å². The predicted molar refractivity (Wildman–Crippen MR) is 265 cm³/mol. The third-order valence-electron chi connectivity index (χ3n) is 12.5. The van der Waals surface area contributed by atoms with E-state index in [1.165, 1.54) is 27.5 Å². The van der Waals surface area contributed by atoms with Gasteiger partial charge in [0.1, 0.15) is 11.4 Å². The topological polar surface area (TPSA) is 58.0 Å². The first-order valence-corrected chi connectivity index (χ1v) is 21.8. The van der Waals surface area contributed by atoms with Crippen LogP contribution in [-0.4, -0.2) is 15.0 Å². The second-order valence-corrected chi connectivity index (χ2v) is 18.8. The van der Waals surface area contributed by atoms with Crippen molar-refractivity contribution >= 4 is 71.7 Å². The highest BCUT2D eigenvalue weighted by Crippen LogP contribution is 2.47. The Morgan fingerprint density at radius 3 is 1.92 bits per heavy atom. The zero-order chi connectivity index (χ0) is 43.0. The lowest BCUT2D eigenvalue weighted by atomic mass is 9.79. The van der Waals surface area contributed by atoms with Gasteiger partial charge in [0.05, 0.1) is 28.3 Å². The molecule has 4 heterocycles. The zero-order valence-electron chi connectivity index (χ0n) is 36.5. The Bertz CT molecular complexity index is 3510. The molecule has 0 unspecified atom stereocenters. The van der Waals surface area contributed by atoms with E-state index in [0.29, 0.717) is 0 Å². The van der Waals surface area contributed by atoms with Gasteiger partial charge in [-0.3, -0.25) is 4.90 Å². The van der Waals surface area contributed by atoms with Crippen molar-refractivity contribution in [1.29, 1.82) is 0 Å². The van der Waals surface area contributed by atoms with Gasteiger partial charge in [0.2, 0.25) is 0 Å². The number of fused-ring (bicyclic) bond motifs is 7. The second-order valence-electron chi connectivity index (χ2n) is 18.8. The van der Waals surface area contributed by atoms with Crippen LogP contribution in [0.5, 0.6) is 0 Å². The summed E-state index contributed by atoms with van der Waals surface area (Å²) in [6.07, 6.45) is 1.85. The Morgan fingerprint density at radius 1 is 0.492 bits per heavy atom. The van der Waals surface area contributed by atoms with Crippen LogP contribution in [0.1, 0.15) is 52.7 Å². The van der Waals surface area contributed by atoms with E-state index in [0.717, 1.165) is 89.0 Å². The number of nitrogens with one attached hydrogen (secondary N) is 1. The molecule has 0 aliphatic heterocycles. The van der Waals surface area contributed by atoms with E-state index in [-0.39, 0.29) is 10.8 Å². The summed E-state index contributed by atoms with van der Waals surface area (Å²) in [7, 11) is 0.